The Morgan fingerprint density at radius 2 is 1.06 bits per heavy atom. The van der Waals surface area contributed by atoms with Crippen molar-refractivity contribution in [2.45, 2.75) is 0 Å². The van der Waals surface area contributed by atoms with E-state index in [1.165, 1.54) is 52.5 Å². The number of benzene rings is 10. The van der Waals surface area contributed by atoms with Gasteiger partial charge in [0.15, 0.2) is 17.5 Å². The largest absolute Gasteiger partial charge is 0.456 e. The van der Waals surface area contributed by atoms with Crippen LogP contribution < -0.4 is 0 Å². The molecule has 63 heavy (non-hydrogen) atoms. The Morgan fingerprint density at radius 1 is 0.381 bits per heavy atom. The van der Waals surface area contributed by atoms with E-state index in [2.05, 4.69) is 180 Å². The highest BCUT2D eigenvalue weighted by atomic mass is 32.1. The predicted octanol–water partition coefficient (Wildman–Crippen LogP) is 15.7. The molecule has 0 spiro atoms. The topological polar surface area (TPSA) is 56.7 Å². The van der Waals surface area contributed by atoms with Crippen molar-refractivity contribution in [3.05, 3.63) is 194 Å². The van der Waals surface area contributed by atoms with Crippen LogP contribution >= 0.6 is 11.3 Å². The van der Waals surface area contributed by atoms with Gasteiger partial charge in [0.05, 0.1) is 22.1 Å². The Bertz CT molecular complexity index is 4220. The average Bonchev–Trinajstić information content (AvgIpc) is 4.03. The molecule has 4 aromatic heterocycles. The van der Waals surface area contributed by atoms with Crippen LogP contribution in [0.25, 0.3) is 136 Å². The molecule has 0 aliphatic heterocycles. The molecule has 0 unspecified atom stereocenters. The molecule has 10 aromatic carbocycles. The SMILES string of the molecule is c1ccc(-c2nc(-c3ccc4c(ccc5oc6cccc(-n7c8cc9ccccc9cc8c8c9ccccc9ccc87)c6c54)c3)nc(-c3cccc4c3sc3ccccc34)n2)cc1. The fourth-order valence-electron chi connectivity index (χ4n) is 9.95. The normalized spacial score (nSPS) is 12.1. The predicted molar refractivity (Wildman–Crippen MR) is 263 cm³/mol. The maximum atomic E-state index is 6.72. The van der Waals surface area contributed by atoms with Gasteiger partial charge in [0.2, 0.25) is 0 Å². The molecule has 0 N–H and O–H groups in total. The van der Waals surface area contributed by atoms with Crippen LogP contribution in [0, 0.1) is 0 Å². The van der Waals surface area contributed by atoms with Gasteiger partial charge in [-0.15, -0.1) is 11.3 Å². The second kappa shape index (κ2) is 13.2. The molecule has 0 saturated carbocycles. The molecule has 0 fully saturated rings. The number of rotatable bonds is 4. The summed E-state index contributed by atoms with van der Waals surface area (Å²) in [4.78, 5) is 15.5. The number of thiophene rings is 1. The van der Waals surface area contributed by atoms with Crippen molar-refractivity contribution < 1.29 is 4.42 Å². The van der Waals surface area contributed by atoms with Crippen LogP contribution in [0.5, 0.6) is 0 Å². The molecule has 14 rings (SSSR count). The van der Waals surface area contributed by atoms with Gasteiger partial charge in [-0.1, -0.05) is 140 Å². The Kier molecular flexibility index (Phi) is 7.21. The van der Waals surface area contributed by atoms with E-state index in [0.717, 1.165) is 66.1 Å². The van der Waals surface area contributed by atoms with E-state index in [1.54, 1.807) is 11.3 Å². The van der Waals surface area contributed by atoms with Gasteiger partial charge in [0, 0.05) is 53.0 Å². The summed E-state index contributed by atoms with van der Waals surface area (Å²) >= 11 is 1.78. The standard InChI is InChI=1S/C57H32N4OS/c1-2-13-34(14-3-1)55-58-56(60-57(59-55)43-20-10-19-42-41-18-8-9-23-50(41)63-54(42)43)38-24-27-40-37(30-38)26-29-49-52(40)53-45(21-11-22-48(53)62-49)61-46-28-25-33-12-6-7-17-39(33)51(46)44-31-35-15-4-5-16-36(35)32-47(44)61/h1-32H. The van der Waals surface area contributed by atoms with Gasteiger partial charge in [-0.3, -0.25) is 0 Å². The lowest BCUT2D eigenvalue weighted by molar-refractivity contribution is 0.669. The number of nitrogens with zero attached hydrogens (tertiary/aromatic N) is 4. The zero-order valence-corrected chi connectivity index (χ0v) is 34.4. The van der Waals surface area contributed by atoms with Gasteiger partial charge in [0.25, 0.3) is 0 Å². The fraction of sp³-hybridized carbons (Fsp3) is 0. The maximum Gasteiger partial charge on any atom is 0.165 e. The molecule has 0 aliphatic carbocycles. The molecule has 0 aliphatic rings. The third-order valence-corrected chi connectivity index (χ3v) is 14.0. The zero-order chi connectivity index (χ0) is 41.2. The van der Waals surface area contributed by atoms with Crippen LogP contribution in [-0.2, 0) is 0 Å². The van der Waals surface area contributed by atoms with Crippen molar-refractivity contribution in [2.24, 2.45) is 0 Å². The van der Waals surface area contributed by atoms with Crippen molar-refractivity contribution in [3.8, 4) is 39.9 Å². The van der Waals surface area contributed by atoms with E-state index in [4.69, 9.17) is 19.4 Å². The smallest absolute Gasteiger partial charge is 0.165 e. The van der Waals surface area contributed by atoms with Crippen LogP contribution in [-0.4, -0.2) is 19.5 Å². The van der Waals surface area contributed by atoms with E-state index < -0.39 is 0 Å². The van der Waals surface area contributed by atoms with Gasteiger partial charge >= 0.3 is 0 Å². The Balaban J connectivity index is 0.999. The average molecular weight is 821 g/mol. The van der Waals surface area contributed by atoms with Crippen molar-refractivity contribution >= 4 is 108 Å². The van der Waals surface area contributed by atoms with Gasteiger partial charge in [-0.05, 0) is 86.9 Å². The van der Waals surface area contributed by atoms with E-state index in [0.29, 0.717) is 17.5 Å². The first kappa shape index (κ1) is 34.5. The highest BCUT2D eigenvalue weighted by Crippen LogP contribution is 2.45. The van der Waals surface area contributed by atoms with Crippen molar-refractivity contribution in [3.63, 3.8) is 0 Å². The lowest BCUT2D eigenvalue weighted by Crippen LogP contribution is -2.00. The number of fused-ring (bicyclic) bond motifs is 14. The second-order valence-electron chi connectivity index (χ2n) is 16.3. The Morgan fingerprint density at radius 3 is 1.95 bits per heavy atom. The molecule has 292 valence electrons. The van der Waals surface area contributed by atoms with Gasteiger partial charge < -0.3 is 8.98 Å². The maximum absolute atomic E-state index is 6.72. The molecular formula is C57H32N4OS. The minimum Gasteiger partial charge on any atom is -0.456 e. The quantitative estimate of drug-likeness (QED) is 0.177. The van der Waals surface area contributed by atoms with Crippen LogP contribution in [0.1, 0.15) is 0 Å². The number of hydrogen-bond acceptors (Lipinski definition) is 5. The molecule has 0 atom stereocenters. The molecule has 0 radical (unpaired) electrons. The molecule has 14 aromatic rings. The molecular weight excluding hydrogens is 789 g/mol. The summed E-state index contributed by atoms with van der Waals surface area (Å²) in [7, 11) is 0. The highest BCUT2D eigenvalue weighted by molar-refractivity contribution is 7.26. The lowest BCUT2D eigenvalue weighted by Gasteiger charge is -2.12. The van der Waals surface area contributed by atoms with E-state index in [-0.39, 0.29) is 0 Å². The number of hydrogen-bond donors (Lipinski definition) is 0. The summed E-state index contributed by atoms with van der Waals surface area (Å²) in [5, 5.41) is 14.2. The Labute approximate surface area is 363 Å². The minimum atomic E-state index is 0.626. The van der Waals surface area contributed by atoms with Gasteiger partial charge in [0.1, 0.15) is 11.2 Å². The van der Waals surface area contributed by atoms with Gasteiger partial charge in [-0.25, -0.2) is 15.0 Å². The number of furan rings is 1. The molecule has 0 amide bonds. The molecule has 0 bridgehead atoms. The third-order valence-electron chi connectivity index (χ3n) is 12.8. The number of aromatic nitrogens is 4. The first-order valence-corrected chi connectivity index (χ1v) is 22.0. The van der Waals surface area contributed by atoms with Crippen LogP contribution in [0.15, 0.2) is 199 Å². The lowest BCUT2D eigenvalue weighted by atomic mass is 10.0. The van der Waals surface area contributed by atoms with Crippen LogP contribution in [0.3, 0.4) is 0 Å². The third kappa shape index (κ3) is 5.13. The summed E-state index contributed by atoms with van der Waals surface area (Å²) in [5.41, 5.74) is 7.96. The summed E-state index contributed by atoms with van der Waals surface area (Å²) in [5.74, 6) is 1.92. The fourth-order valence-corrected chi connectivity index (χ4v) is 11.2. The first-order valence-electron chi connectivity index (χ1n) is 21.2. The first-order chi connectivity index (χ1) is 31.2. The van der Waals surface area contributed by atoms with Crippen molar-refractivity contribution in [1.82, 2.24) is 19.5 Å². The van der Waals surface area contributed by atoms with Crippen molar-refractivity contribution in [1.29, 1.82) is 0 Å². The monoisotopic (exact) mass is 820 g/mol. The molecule has 4 heterocycles. The van der Waals surface area contributed by atoms with E-state index >= 15 is 0 Å². The summed E-state index contributed by atoms with van der Waals surface area (Å²) in [6.45, 7) is 0. The molecule has 5 nitrogen and oxygen atoms in total. The Hall–Kier alpha value is -8.19. The summed E-state index contributed by atoms with van der Waals surface area (Å²) in [6, 6.07) is 69.1. The molecule has 0 saturated heterocycles. The molecule has 6 heteroatoms. The minimum absolute atomic E-state index is 0.626. The van der Waals surface area contributed by atoms with E-state index in [1.807, 2.05) is 18.2 Å². The summed E-state index contributed by atoms with van der Waals surface area (Å²) < 4.78 is 11.6. The highest BCUT2D eigenvalue weighted by Gasteiger charge is 2.22. The van der Waals surface area contributed by atoms with E-state index in [9.17, 15) is 0 Å². The summed E-state index contributed by atoms with van der Waals surface area (Å²) in [6.07, 6.45) is 0. The van der Waals surface area contributed by atoms with Crippen molar-refractivity contribution in [2.75, 3.05) is 0 Å². The second-order valence-corrected chi connectivity index (χ2v) is 17.4. The van der Waals surface area contributed by atoms with Gasteiger partial charge in [-0.2, -0.15) is 0 Å². The zero-order valence-electron chi connectivity index (χ0n) is 33.6. The van der Waals surface area contributed by atoms with Crippen LogP contribution in [0.2, 0.25) is 0 Å². The van der Waals surface area contributed by atoms with Crippen LogP contribution in [0.4, 0.5) is 0 Å².